The lowest BCUT2D eigenvalue weighted by atomic mass is 10.1. The second-order valence-corrected chi connectivity index (χ2v) is 3.67. The van der Waals surface area contributed by atoms with Crippen LogP contribution in [0.2, 0.25) is 0 Å². The van der Waals surface area contributed by atoms with E-state index in [2.05, 4.69) is 49.1 Å². The maximum Gasteiger partial charge on any atom is 0.0401 e. The third-order valence-electron chi connectivity index (χ3n) is 2.51. The van der Waals surface area contributed by atoms with Crippen LogP contribution in [-0.2, 0) is 0 Å². The molecule has 1 heteroatoms. The van der Waals surface area contributed by atoms with Gasteiger partial charge in [0.2, 0.25) is 0 Å². The molecule has 0 N–H and O–H groups in total. The molecule has 1 nitrogen and oxygen atoms in total. The molecule has 0 unspecified atom stereocenters. The molecule has 0 bridgehead atoms. The summed E-state index contributed by atoms with van der Waals surface area (Å²) in [6.45, 7) is 6.44. The van der Waals surface area contributed by atoms with E-state index >= 15 is 0 Å². The van der Waals surface area contributed by atoms with Gasteiger partial charge >= 0.3 is 0 Å². The van der Waals surface area contributed by atoms with Gasteiger partial charge in [0, 0.05) is 18.8 Å². The molecule has 68 valence electrons. The van der Waals surface area contributed by atoms with E-state index in [4.69, 9.17) is 0 Å². The first-order chi connectivity index (χ1) is 6.27. The lowest BCUT2D eigenvalue weighted by Crippen LogP contribution is -2.19. The molecule has 0 saturated heterocycles. The summed E-state index contributed by atoms with van der Waals surface area (Å²) >= 11 is 0. The molecule has 1 aromatic carbocycles. The van der Waals surface area contributed by atoms with Crippen molar-refractivity contribution in [1.29, 1.82) is 0 Å². The van der Waals surface area contributed by atoms with Crippen molar-refractivity contribution in [3.8, 4) is 0 Å². The van der Waals surface area contributed by atoms with Crippen LogP contribution in [0.5, 0.6) is 0 Å². The highest BCUT2D eigenvalue weighted by Crippen LogP contribution is 2.22. The molecule has 0 spiro atoms. The first-order valence-corrected chi connectivity index (χ1v) is 4.74. The van der Waals surface area contributed by atoms with Gasteiger partial charge in [0.05, 0.1) is 0 Å². The highest BCUT2D eigenvalue weighted by atomic mass is 15.1. The maximum absolute atomic E-state index is 2.38. The van der Waals surface area contributed by atoms with Crippen molar-refractivity contribution in [3.63, 3.8) is 0 Å². The summed E-state index contributed by atoms with van der Waals surface area (Å²) in [5, 5.41) is 0. The SMILES string of the molecule is Cc1ccc(N2CC=CC2)c(C)c1. The lowest BCUT2D eigenvalue weighted by molar-refractivity contribution is 0.996. The van der Waals surface area contributed by atoms with Gasteiger partial charge in [0.1, 0.15) is 0 Å². The van der Waals surface area contributed by atoms with E-state index in [1.165, 1.54) is 16.8 Å². The van der Waals surface area contributed by atoms with Gasteiger partial charge in [0.25, 0.3) is 0 Å². The van der Waals surface area contributed by atoms with Crippen LogP contribution in [-0.4, -0.2) is 13.1 Å². The van der Waals surface area contributed by atoms with E-state index in [1.807, 2.05) is 0 Å². The number of hydrogen-bond donors (Lipinski definition) is 0. The first-order valence-electron chi connectivity index (χ1n) is 4.74. The fourth-order valence-electron chi connectivity index (χ4n) is 1.83. The van der Waals surface area contributed by atoms with Crippen LogP contribution in [0.4, 0.5) is 5.69 Å². The van der Waals surface area contributed by atoms with E-state index in [1.54, 1.807) is 0 Å². The van der Waals surface area contributed by atoms with E-state index < -0.39 is 0 Å². The van der Waals surface area contributed by atoms with E-state index in [9.17, 15) is 0 Å². The van der Waals surface area contributed by atoms with Crippen LogP contribution in [0.15, 0.2) is 30.4 Å². The van der Waals surface area contributed by atoms with Crippen molar-refractivity contribution in [3.05, 3.63) is 41.5 Å². The largest absolute Gasteiger partial charge is 0.364 e. The van der Waals surface area contributed by atoms with Crippen molar-refractivity contribution in [1.82, 2.24) is 0 Å². The van der Waals surface area contributed by atoms with Gasteiger partial charge in [-0.3, -0.25) is 0 Å². The molecule has 0 aliphatic carbocycles. The highest BCUT2D eigenvalue weighted by molar-refractivity contribution is 5.56. The second-order valence-electron chi connectivity index (χ2n) is 3.67. The molecule has 0 saturated carbocycles. The summed E-state index contributed by atoms with van der Waals surface area (Å²) in [6.07, 6.45) is 4.44. The third-order valence-corrected chi connectivity index (χ3v) is 2.51. The molecule has 1 aromatic rings. The summed E-state index contributed by atoms with van der Waals surface area (Å²) in [5.74, 6) is 0. The molecular weight excluding hydrogens is 158 g/mol. The monoisotopic (exact) mass is 173 g/mol. The molecule has 1 aliphatic heterocycles. The Kier molecular flexibility index (Phi) is 2.09. The Morgan fingerprint density at radius 2 is 1.77 bits per heavy atom. The molecule has 0 amide bonds. The zero-order valence-electron chi connectivity index (χ0n) is 8.25. The Bertz CT molecular complexity index is 331. The summed E-state index contributed by atoms with van der Waals surface area (Å²) < 4.78 is 0. The summed E-state index contributed by atoms with van der Waals surface area (Å²) in [7, 11) is 0. The number of benzene rings is 1. The van der Waals surface area contributed by atoms with Crippen molar-refractivity contribution in [2.75, 3.05) is 18.0 Å². The van der Waals surface area contributed by atoms with Gasteiger partial charge in [-0.05, 0) is 25.5 Å². The van der Waals surface area contributed by atoms with Crippen molar-refractivity contribution in [2.24, 2.45) is 0 Å². The van der Waals surface area contributed by atoms with Gasteiger partial charge in [-0.1, -0.05) is 29.8 Å². The van der Waals surface area contributed by atoms with E-state index in [0.29, 0.717) is 0 Å². The van der Waals surface area contributed by atoms with Gasteiger partial charge in [0.15, 0.2) is 0 Å². The van der Waals surface area contributed by atoms with E-state index in [0.717, 1.165) is 13.1 Å². The Balaban J connectivity index is 2.30. The van der Waals surface area contributed by atoms with Gasteiger partial charge in [-0.15, -0.1) is 0 Å². The average molecular weight is 173 g/mol. The number of hydrogen-bond acceptors (Lipinski definition) is 1. The molecular formula is C12H15N. The zero-order chi connectivity index (χ0) is 9.26. The summed E-state index contributed by atoms with van der Waals surface area (Å²) in [5.41, 5.74) is 4.09. The molecule has 1 heterocycles. The number of anilines is 1. The summed E-state index contributed by atoms with van der Waals surface area (Å²) in [6, 6.07) is 6.64. The van der Waals surface area contributed by atoms with Crippen molar-refractivity contribution < 1.29 is 0 Å². The van der Waals surface area contributed by atoms with Crippen LogP contribution in [0, 0.1) is 13.8 Å². The first kappa shape index (κ1) is 8.36. The molecule has 0 radical (unpaired) electrons. The van der Waals surface area contributed by atoms with Crippen LogP contribution in [0.3, 0.4) is 0 Å². The Labute approximate surface area is 79.7 Å². The van der Waals surface area contributed by atoms with Crippen molar-refractivity contribution in [2.45, 2.75) is 13.8 Å². The minimum Gasteiger partial charge on any atom is -0.364 e. The predicted octanol–water partition coefficient (Wildman–Crippen LogP) is 2.68. The molecule has 0 aromatic heterocycles. The predicted molar refractivity (Wildman–Crippen MR) is 57.3 cm³/mol. The zero-order valence-corrected chi connectivity index (χ0v) is 8.25. The fraction of sp³-hybridized carbons (Fsp3) is 0.333. The third kappa shape index (κ3) is 1.59. The highest BCUT2D eigenvalue weighted by Gasteiger charge is 2.09. The topological polar surface area (TPSA) is 3.24 Å². The van der Waals surface area contributed by atoms with Crippen LogP contribution in [0.25, 0.3) is 0 Å². The van der Waals surface area contributed by atoms with Crippen LogP contribution < -0.4 is 4.90 Å². The normalized spacial score (nSPS) is 15.4. The van der Waals surface area contributed by atoms with Crippen LogP contribution in [0.1, 0.15) is 11.1 Å². The molecule has 13 heavy (non-hydrogen) atoms. The standard InChI is InChI=1S/C12H15N/c1-10-5-6-12(11(2)9-10)13-7-3-4-8-13/h3-6,9H,7-8H2,1-2H3. The number of rotatable bonds is 1. The molecule has 2 rings (SSSR count). The second kappa shape index (κ2) is 3.25. The minimum absolute atomic E-state index is 1.06. The van der Waals surface area contributed by atoms with Crippen molar-refractivity contribution >= 4 is 5.69 Å². The number of aryl methyl sites for hydroxylation is 2. The smallest absolute Gasteiger partial charge is 0.0401 e. The Hall–Kier alpha value is -1.24. The molecule has 1 aliphatic rings. The lowest BCUT2D eigenvalue weighted by Gasteiger charge is -2.20. The molecule has 0 atom stereocenters. The minimum atomic E-state index is 1.06. The number of nitrogens with zero attached hydrogens (tertiary/aromatic N) is 1. The van der Waals surface area contributed by atoms with Gasteiger partial charge < -0.3 is 4.90 Å². The Morgan fingerprint density at radius 1 is 1.08 bits per heavy atom. The van der Waals surface area contributed by atoms with Gasteiger partial charge in [-0.2, -0.15) is 0 Å². The van der Waals surface area contributed by atoms with Crippen LogP contribution >= 0.6 is 0 Å². The van der Waals surface area contributed by atoms with Gasteiger partial charge in [-0.25, -0.2) is 0 Å². The summed E-state index contributed by atoms with van der Waals surface area (Å²) in [4.78, 5) is 2.38. The quantitative estimate of drug-likeness (QED) is 0.590. The Morgan fingerprint density at radius 3 is 2.38 bits per heavy atom. The fourth-order valence-corrected chi connectivity index (χ4v) is 1.83. The average Bonchev–Trinajstić information content (AvgIpc) is 2.56. The maximum atomic E-state index is 2.38. The van der Waals surface area contributed by atoms with E-state index in [-0.39, 0.29) is 0 Å². The molecule has 0 fully saturated rings.